The predicted octanol–water partition coefficient (Wildman–Crippen LogP) is 3.02. The highest BCUT2D eigenvalue weighted by atomic mass is 32.2. The van der Waals surface area contributed by atoms with E-state index in [9.17, 15) is 18.0 Å². The SMILES string of the molecule is C[C@@H](C(=O)N/N=C\c1ccc(OCC(=O)N2CCOCC2)cc1)N(c1ccc(Oc2ccccc2)cc1)S(C)(=O)=O. The van der Waals surface area contributed by atoms with Gasteiger partial charge in [0, 0.05) is 13.1 Å². The van der Waals surface area contributed by atoms with Crippen molar-refractivity contribution in [2.75, 3.05) is 43.5 Å². The predicted molar refractivity (Wildman–Crippen MR) is 155 cm³/mol. The lowest BCUT2D eigenvalue weighted by molar-refractivity contribution is -0.137. The maximum absolute atomic E-state index is 12.8. The summed E-state index contributed by atoms with van der Waals surface area (Å²) in [5, 5.41) is 3.97. The lowest BCUT2D eigenvalue weighted by Crippen LogP contribution is -2.46. The molecule has 1 N–H and O–H groups in total. The number of hydrogen-bond donors (Lipinski definition) is 1. The Morgan fingerprint density at radius 1 is 0.976 bits per heavy atom. The van der Waals surface area contributed by atoms with Gasteiger partial charge in [-0.05, 0) is 73.2 Å². The van der Waals surface area contributed by atoms with Crippen LogP contribution in [0.1, 0.15) is 12.5 Å². The Bertz CT molecular complexity index is 1440. The van der Waals surface area contributed by atoms with Crippen molar-refractivity contribution in [2.45, 2.75) is 13.0 Å². The first-order valence-electron chi connectivity index (χ1n) is 12.9. The van der Waals surface area contributed by atoms with Crippen molar-refractivity contribution in [1.29, 1.82) is 0 Å². The smallest absolute Gasteiger partial charge is 0.263 e. The molecule has 3 aromatic rings. The molecule has 1 atom stereocenters. The third-order valence-corrected chi connectivity index (χ3v) is 7.39. The second kappa shape index (κ2) is 13.8. The summed E-state index contributed by atoms with van der Waals surface area (Å²) >= 11 is 0. The van der Waals surface area contributed by atoms with Gasteiger partial charge in [-0.1, -0.05) is 18.2 Å². The summed E-state index contributed by atoms with van der Waals surface area (Å²) in [6.07, 6.45) is 2.46. The molecule has 0 aromatic heterocycles. The zero-order chi connectivity index (χ0) is 29.2. The van der Waals surface area contributed by atoms with Crippen LogP contribution in [0, 0.1) is 0 Å². The normalized spacial score (nSPS) is 14.3. The molecule has 216 valence electrons. The van der Waals surface area contributed by atoms with Crippen LogP contribution >= 0.6 is 0 Å². The van der Waals surface area contributed by atoms with Gasteiger partial charge in [0.25, 0.3) is 11.8 Å². The molecule has 1 aliphatic heterocycles. The van der Waals surface area contributed by atoms with Crippen LogP contribution in [-0.2, 0) is 24.3 Å². The van der Waals surface area contributed by atoms with Crippen LogP contribution in [0.4, 0.5) is 5.69 Å². The molecule has 0 unspecified atom stereocenters. The van der Waals surface area contributed by atoms with Gasteiger partial charge in [-0.2, -0.15) is 5.10 Å². The number of anilines is 1. The zero-order valence-corrected chi connectivity index (χ0v) is 23.6. The van der Waals surface area contributed by atoms with E-state index < -0.39 is 22.0 Å². The lowest BCUT2D eigenvalue weighted by Gasteiger charge is -2.27. The van der Waals surface area contributed by atoms with E-state index in [1.807, 2.05) is 30.3 Å². The molecule has 1 heterocycles. The molecule has 0 radical (unpaired) electrons. The number of hydrazone groups is 1. The summed E-state index contributed by atoms with van der Waals surface area (Å²) in [7, 11) is -3.80. The average Bonchev–Trinajstić information content (AvgIpc) is 2.98. The summed E-state index contributed by atoms with van der Waals surface area (Å²) < 4.78 is 42.8. The number of morpholine rings is 1. The maximum atomic E-state index is 12.8. The van der Waals surface area contributed by atoms with Crippen molar-refractivity contribution in [3.63, 3.8) is 0 Å². The fourth-order valence-electron chi connectivity index (χ4n) is 4.06. The van der Waals surface area contributed by atoms with Crippen LogP contribution in [0.25, 0.3) is 0 Å². The van der Waals surface area contributed by atoms with Crippen LogP contribution in [0.3, 0.4) is 0 Å². The third kappa shape index (κ3) is 8.53. The largest absolute Gasteiger partial charge is 0.484 e. The van der Waals surface area contributed by atoms with Gasteiger partial charge >= 0.3 is 0 Å². The zero-order valence-electron chi connectivity index (χ0n) is 22.8. The number of sulfonamides is 1. The molecule has 1 aliphatic rings. The van der Waals surface area contributed by atoms with E-state index in [0.717, 1.165) is 10.6 Å². The van der Waals surface area contributed by atoms with Crippen molar-refractivity contribution in [2.24, 2.45) is 5.10 Å². The van der Waals surface area contributed by atoms with Gasteiger partial charge in [0.1, 0.15) is 23.3 Å². The first kappa shape index (κ1) is 29.6. The Labute approximate surface area is 239 Å². The number of carbonyl (C=O) groups excluding carboxylic acids is 2. The summed E-state index contributed by atoms with van der Waals surface area (Å²) in [4.78, 5) is 26.7. The molecular weight excluding hydrogens is 548 g/mol. The molecule has 2 amide bonds. The Balaban J connectivity index is 1.32. The van der Waals surface area contributed by atoms with Crippen LogP contribution in [0.2, 0.25) is 0 Å². The van der Waals surface area contributed by atoms with Crippen molar-refractivity contribution in [3.8, 4) is 17.2 Å². The first-order valence-corrected chi connectivity index (χ1v) is 14.8. The number of nitrogens with one attached hydrogen (secondary N) is 1. The van der Waals surface area contributed by atoms with Crippen LogP contribution in [-0.4, -0.2) is 76.6 Å². The minimum absolute atomic E-state index is 0.0685. The molecule has 12 heteroatoms. The minimum atomic E-state index is -3.80. The van der Waals surface area contributed by atoms with Gasteiger partial charge in [0.2, 0.25) is 10.0 Å². The van der Waals surface area contributed by atoms with Gasteiger partial charge < -0.3 is 19.1 Å². The summed E-state index contributed by atoms with van der Waals surface area (Å²) in [6, 6.07) is 21.3. The van der Waals surface area contributed by atoms with E-state index >= 15 is 0 Å². The molecule has 0 spiro atoms. The minimum Gasteiger partial charge on any atom is -0.484 e. The van der Waals surface area contributed by atoms with Gasteiger partial charge in [0.15, 0.2) is 6.61 Å². The molecule has 4 rings (SSSR count). The maximum Gasteiger partial charge on any atom is 0.263 e. The third-order valence-electron chi connectivity index (χ3n) is 6.15. The Kier molecular flexibility index (Phi) is 9.93. The standard InChI is InChI=1S/C29H32N4O7S/c1-22(33(41(2,36)37)24-10-14-27(15-11-24)40-26-6-4-3-5-7-26)29(35)31-30-20-23-8-12-25(13-9-23)39-21-28(34)32-16-18-38-19-17-32/h3-15,20,22H,16-19,21H2,1-2H3,(H,31,35)/b30-20-/t22-/m0/s1. The number of ether oxygens (including phenoxy) is 3. The van der Waals surface area contributed by atoms with Crippen LogP contribution in [0.5, 0.6) is 17.2 Å². The van der Waals surface area contributed by atoms with E-state index in [4.69, 9.17) is 14.2 Å². The molecule has 0 saturated carbocycles. The van der Waals surface area contributed by atoms with Gasteiger partial charge in [0.05, 0.1) is 31.4 Å². The molecule has 41 heavy (non-hydrogen) atoms. The first-order chi connectivity index (χ1) is 19.7. The van der Waals surface area contributed by atoms with Gasteiger partial charge in [-0.3, -0.25) is 13.9 Å². The van der Waals surface area contributed by atoms with Crippen molar-refractivity contribution >= 4 is 33.7 Å². The van der Waals surface area contributed by atoms with E-state index in [2.05, 4.69) is 10.5 Å². The molecule has 1 saturated heterocycles. The second-order valence-electron chi connectivity index (χ2n) is 9.23. The van der Waals surface area contributed by atoms with E-state index in [1.165, 1.54) is 13.1 Å². The highest BCUT2D eigenvalue weighted by Gasteiger charge is 2.29. The molecule has 3 aromatic carbocycles. The number of nitrogens with zero attached hydrogens (tertiary/aromatic N) is 3. The summed E-state index contributed by atoms with van der Waals surface area (Å²) in [6.45, 7) is 3.57. The molecule has 0 bridgehead atoms. The van der Waals surface area contributed by atoms with Crippen molar-refractivity contribution < 1.29 is 32.2 Å². The number of rotatable bonds is 11. The number of carbonyl (C=O) groups is 2. The number of amides is 2. The van der Waals surface area contributed by atoms with Gasteiger partial charge in [-0.15, -0.1) is 0 Å². The Morgan fingerprint density at radius 2 is 1.59 bits per heavy atom. The fraction of sp³-hybridized carbons (Fsp3) is 0.276. The van der Waals surface area contributed by atoms with E-state index in [-0.39, 0.29) is 12.5 Å². The monoisotopic (exact) mass is 580 g/mol. The number of benzene rings is 3. The Hall–Kier alpha value is -4.42. The highest BCUT2D eigenvalue weighted by molar-refractivity contribution is 7.92. The number of hydrogen-bond acceptors (Lipinski definition) is 8. The highest BCUT2D eigenvalue weighted by Crippen LogP contribution is 2.27. The molecular formula is C29H32N4O7S. The molecule has 1 fully saturated rings. The summed E-state index contributed by atoms with van der Waals surface area (Å²) in [5.74, 6) is 0.973. The fourth-order valence-corrected chi connectivity index (χ4v) is 5.23. The second-order valence-corrected chi connectivity index (χ2v) is 11.1. The lowest BCUT2D eigenvalue weighted by atomic mass is 10.2. The van der Waals surface area contributed by atoms with Crippen molar-refractivity contribution in [1.82, 2.24) is 10.3 Å². The molecule has 11 nitrogen and oxygen atoms in total. The van der Waals surface area contributed by atoms with Crippen LogP contribution in [0.15, 0.2) is 84.0 Å². The van der Waals surface area contributed by atoms with Crippen molar-refractivity contribution in [3.05, 3.63) is 84.4 Å². The Morgan fingerprint density at radius 3 is 2.22 bits per heavy atom. The average molecular weight is 581 g/mol. The summed E-state index contributed by atoms with van der Waals surface area (Å²) in [5.41, 5.74) is 3.37. The van der Waals surface area contributed by atoms with E-state index in [0.29, 0.717) is 54.8 Å². The van der Waals surface area contributed by atoms with Gasteiger partial charge in [-0.25, -0.2) is 13.8 Å². The number of para-hydroxylation sites is 1. The molecule has 0 aliphatic carbocycles. The van der Waals surface area contributed by atoms with E-state index in [1.54, 1.807) is 53.4 Å². The quantitative estimate of drug-likeness (QED) is 0.273. The topological polar surface area (TPSA) is 127 Å². The van der Waals surface area contributed by atoms with Crippen LogP contribution < -0.4 is 19.2 Å².